The molecule has 0 spiro atoms. The van der Waals surface area contributed by atoms with Crippen molar-refractivity contribution in [1.29, 1.82) is 0 Å². The van der Waals surface area contributed by atoms with E-state index < -0.39 is 0 Å². The zero-order valence-electron chi connectivity index (χ0n) is 13.5. The standard InChI is InChI=1S/C15H19N7S2/c1-8-12(9(2)22-21-8)13-18-10(6-23-13)11-7-24-15(19-11)20-14-16-4-3-5-17-14/h6-7,14,16-17H,3-5H2,1-2H3,(H,19,20)(H,21,22). The fourth-order valence-electron chi connectivity index (χ4n) is 2.71. The minimum atomic E-state index is 0.0833. The van der Waals surface area contributed by atoms with Gasteiger partial charge >= 0.3 is 0 Å². The average molecular weight is 362 g/mol. The summed E-state index contributed by atoms with van der Waals surface area (Å²) in [7, 11) is 0. The Bertz CT molecular complexity index is 809. The lowest BCUT2D eigenvalue weighted by Crippen LogP contribution is -2.52. The van der Waals surface area contributed by atoms with Gasteiger partial charge in [0.25, 0.3) is 0 Å². The van der Waals surface area contributed by atoms with Crippen LogP contribution in [0.2, 0.25) is 0 Å². The van der Waals surface area contributed by atoms with E-state index in [4.69, 9.17) is 4.98 Å². The van der Waals surface area contributed by atoms with E-state index in [-0.39, 0.29) is 6.29 Å². The van der Waals surface area contributed by atoms with Crippen LogP contribution in [-0.2, 0) is 0 Å². The first-order chi connectivity index (χ1) is 11.7. The Kier molecular flexibility index (Phi) is 4.31. The number of nitrogens with zero attached hydrogens (tertiary/aromatic N) is 3. The minimum absolute atomic E-state index is 0.0833. The van der Waals surface area contributed by atoms with Gasteiger partial charge in [0.05, 0.1) is 11.3 Å². The third-order valence-corrected chi connectivity index (χ3v) is 5.56. The third kappa shape index (κ3) is 3.07. The van der Waals surface area contributed by atoms with Gasteiger partial charge in [0.2, 0.25) is 0 Å². The summed E-state index contributed by atoms with van der Waals surface area (Å²) < 4.78 is 0. The molecular weight excluding hydrogens is 342 g/mol. The first-order valence-corrected chi connectivity index (χ1v) is 9.63. The highest BCUT2D eigenvalue weighted by molar-refractivity contribution is 7.14. The van der Waals surface area contributed by atoms with Gasteiger partial charge in [-0.1, -0.05) is 0 Å². The van der Waals surface area contributed by atoms with Crippen molar-refractivity contribution in [3.05, 3.63) is 22.1 Å². The van der Waals surface area contributed by atoms with E-state index in [9.17, 15) is 0 Å². The molecule has 0 aromatic carbocycles. The molecular formula is C15H19N7S2. The monoisotopic (exact) mass is 361 g/mol. The SMILES string of the molecule is Cc1n[nH]c(C)c1-c1nc(-c2csc(NC3NCCCN3)n2)cs1. The molecule has 0 radical (unpaired) electrons. The summed E-state index contributed by atoms with van der Waals surface area (Å²) in [5.41, 5.74) is 4.92. The molecule has 126 valence electrons. The van der Waals surface area contributed by atoms with Crippen LogP contribution in [0.1, 0.15) is 17.8 Å². The summed E-state index contributed by atoms with van der Waals surface area (Å²) >= 11 is 3.22. The van der Waals surface area contributed by atoms with Gasteiger partial charge in [-0.25, -0.2) is 9.97 Å². The molecule has 1 saturated heterocycles. The van der Waals surface area contributed by atoms with Crippen LogP contribution in [0, 0.1) is 13.8 Å². The van der Waals surface area contributed by atoms with Crippen molar-refractivity contribution in [2.75, 3.05) is 18.4 Å². The van der Waals surface area contributed by atoms with Crippen molar-refractivity contribution in [2.45, 2.75) is 26.6 Å². The summed E-state index contributed by atoms with van der Waals surface area (Å²) in [5, 5.41) is 23.3. The van der Waals surface area contributed by atoms with Gasteiger partial charge < -0.3 is 5.32 Å². The number of H-pyrrole nitrogens is 1. The molecule has 3 aromatic heterocycles. The molecule has 0 unspecified atom stereocenters. The highest BCUT2D eigenvalue weighted by Gasteiger charge is 2.16. The van der Waals surface area contributed by atoms with Crippen LogP contribution in [-0.4, -0.2) is 39.5 Å². The van der Waals surface area contributed by atoms with Crippen LogP contribution >= 0.6 is 22.7 Å². The third-order valence-electron chi connectivity index (χ3n) is 3.93. The maximum atomic E-state index is 4.75. The van der Waals surface area contributed by atoms with E-state index in [1.807, 2.05) is 19.2 Å². The van der Waals surface area contributed by atoms with Crippen molar-refractivity contribution < 1.29 is 0 Å². The van der Waals surface area contributed by atoms with Crippen LogP contribution in [0.25, 0.3) is 22.0 Å². The second-order valence-electron chi connectivity index (χ2n) is 5.72. The number of hydrogen-bond acceptors (Lipinski definition) is 8. The molecule has 0 saturated carbocycles. The molecule has 1 aliphatic rings. The maximum absolute atomic E-state index is 4.75. The van der Waals surface area contributed by atoms with Crippen LogP contribution < -0.4 is 16.0 Å². The summed E-state index contributed by atoms with van der Waals surface area (Å²) in [6, 6.07) is 0. The first kappa shape index (κ1) is 15.7. The minimum Gasteiger partial charge on any atom is -0.334 e. The van der Waals surface area contributed by atoms with Gasteiger partial charge in [0.1, 0.15) is 22.7 Å². The summed E-state index contributed by atoms with van der Waals surface area (Å²) in [4.78, 5) is 9.41. The fourth-order valence-corrected chi connectivity index (χ4v) is 4.41. The van der Waals surface area contributed by atoms with Crippen molar-refractivity contribution in [2.24, 2.45) is 0 Å². The number of rotatable bonds is 4. The highest BCUT2D eigenvalue weighted by atomic mass is 32.1. The lowest BCUT2D eigenvalue weighted by atomic mass is 10.2. The Morgan fingerprint density at radius 1 is 1.08 bits per heavy atom. The number of aromatic amines is 1. The molecule has 7 nitrogen and oxygen atoms in total. The lowest BCUT2D eigenvalue weighted by Gasteiger charge is -2.25. The summed E-state index contributed by atoms with van der Waals surface area (Å²) in [6.07, 6.45) is 1.23. The second kappa shape index (κ2) is 6.60. The van der Waals surface area contributed by atoms with Crippen molar-refractivity contribution in [3.63, 3.8) is 0 Å². The number of anilines is 1. The van der Waals surface area contributed by atoms with E-state index in [2.05, 4.69) is 36.5 Å². The van der Waals surface area contributed by atoms with Gasteiger partial charge in [0.15, 0.2) is 5.13 Å². The molecule has 4 heterocycles. The first-order valence-electron chi connectivity index (χ1n) is 7.87. The number of aryl methyl sites for hydroxylation is 2. The van der Waals surface area contributed by atoms with Gasteiger partial charge in [0, 0.05) is 16.5 Å². The predicted molar refractivity (Wildman–Crippen MR) is 98.3 cm³/mol. The zero-order chi connectivity index (χ0) is 16.5. The van der Waals surface area contributed by atoms with E-state index in [0.717, 1.165) is 58.0 Å². The summed E-state index contributed by atoms with van der Waals surface area (Å²) in [6.45, 7) is 6.05. The topological polar surface area (TPSA) is 90.5 Å². The molecule has 24 heavy (non-hydrogen) atoms. The number of hydrogen-bond donors (Lipinski definition) is 4. The molecule has 0 bridgehead atoms. The number of nitrogens with one attached hydrogen (secondary N) is 4. The largest absolute Gasteiger partial charge is 0.334 e. The lowest BCUT2D eigenvalue weighted by molar-refractivity contribution is 0.402. The van der Waals surface area contributed by atoms with Crippen LogP contribution in [0.3, 0.4) is 0 Å². The second-order valence-corrected chi connectivity index (χ2v) is 7.44. The maximum Gasteiger partial charge on any atom is 0.185 e. The predicted octanol–water partition coefficient (Wildman–Crippen LogP) is 2.55. The molecule has 1 fully saturated rings. The zero-order valence-corrected chi connectivity index (χ0v) is 15.1. The normalized spacial score (nSPS) is 15.8. The van der Waals surface area contributed by atoms with E-state index >= 15 is 0 Å². The molecule has 4 rings (SSSR count). The average Bonchev–Trinajstić information content (AvgIpc) is 3.29. The quantitative estimate of drug-likeness (QED) is 0.571. The molecule has 9 heteroatoms. The van der Waals surface area contributed by atoms with E-state index in [0.29, 0.717) is 0 Å². The molecule has 3 aromatic rings. The molecule has 1 aliphatic heterocycles. The van der Waals surface area contributed by atoms with Gasteiger partial charge in [-0.15, -0.1) is 22.7 Å². The molecule has 4 N–H and O–H groups in total. The van der Waals surface area contributed by atoms with Gasteiger partial charge in [-0.3, -0.25) is 15.7 Å². The van der Waals surface area contributed by atoms with Crippen LogP contribution in [0.5, 0.6) is 0 Å². The smallest absolute Gasteiger partial charge is 0.185 e. The number of aromatic nitrogens is 4. The molecule has 0 aliphatic carbocycles. The van der Waals surface area contributed by atoms with Crippen LogP contribution in [0.4, 0.5) is 5.13 Å². The fraction of sp³-hybridized carbons (Fsp3) is 0.400. The number of thiazole rings is 2. The van der Waals surface area contributed by atoms with Crippen molar-refractivity contribution in [3.8, 4) is 22.0 Å². The van der Waals surface area contributed by atoms with Gasteiger partial charge in [-0.2, -0.15) is 5.10 Å². The van der Waals surface area contributed by atoms with Crippen LogP contribution in [0.15, 0.2) is 10.8 Å². The Morgan fingerprint density at radius 3 is 2.58 bits per heavy atom. The Balaban J connectivity index is 1.53. The molecule has 0 amide bonds. The van der Waals surface area contributed by atoms with Crippen molar-refractivity contribution in [1.82, 2.24) is 30.8 Å². The van der Waals surface area contributed by atoms with E-state index in [1.165, 1.54) is 0 Å². The Morgan fingerprint density at radius 2 is 1.83 bits per heavy atom. The van der Waals surface area contributed by atoms with Gasteiger partial charge in [-0.05, 0) is 33.4 Å². The van der Waals surface area contributed by atoms with E-state index in [1.54, 1.807) is 22.7 Å². The summed E-state index contributed by atoms with van der Waals surface area (Å²) in [5.74, 6) is 0. The highest BCUT2D eigenvalue weighted by Crippen LogP contribution is 2.33. The molecule has 0 atom stereocenters. The van der Waals surface area contributed by atoms with Crippen molar-refractivity contribution >= 4 is 27.8 Å². The Labute approximate surface area is 147 Å². The Hall–Kier alpha value is -1.81.